The average molecular weight is 220 g/mol. The van der Waals surface area contributed by atoms with Crippen LogP contribution in [0.5, 0.6) is 0 Å². The standard InChI is InChI=1S/C15H24O/c16-15-11-13-8-6-4-2-1-3-5-7-9-14(10-13)12-15/h11,14H,1-10,12H2/t14-/m1/s1. The van der Waals surface area contributed by atoms with Gasteiger partial charge in [0.05, 0.1) is 0 Å². The van der Waals surface area contributed by atoms with Crippen LogP contribution in [0.1, 0.15) is 70.6 Å². The summed E-state index contributed by atoms with van der Waals surface area (Å²) < 4.78 is 0. The molecule has 2 rings (SSSR count). The molecule has 2 bridgehead atoms. The van der Waals surface area contributed by atoms with Crippen molar-refractivity contribution >= 4 is 5.78 Å². The maximum absolute atomic E-state index is 11.6. The molecule has 0 radical (unpaired) electrons. The molecule has 1 fully saturated rings. The first kappa shape index (κ1) is 11.9. The number of rotatable bonds is 0. The molecule has 0 aliphatic heterocycles. The molecule has 0 aromatic carbocycles. The number of hydrogen-bond donors (Lipinski definition) is 0. The van der Waals surface area contributed by atoms with Gasteiger partial charge >= 0.3 is 0 Å². The van der Waals surface area contributed by atoms with Crippen LogP contribution in [0.4, 0.5) is 0 Å². The maximum atomic E-state index is 11.6. The Bertz CT molecular complexity index is 265. The highest BCUT2D eigenvalue weighted by molar-refractivity contribution is 5.91. The van der Waals surface area contributed by atoms with E-state index in [0.29, 0.717) is 11.7 Å². The van der Waals surface area contributed by atoms with E-state index in [1.165, 1.54) is 69.8 Å². The predicted octanol–water partition coefficient (Wildman–Crippen LogP) is 4.42. The summed E-state index contributed by atoms with van der Waals surface area (Å²) in [7, 11) is 0. The molecule has 0 amide bonds. The van der Waals surface area contributed by atoms with Gasteiger partial charge in [0.15, 0.2) is 5.78 Å². The zero-order valence-corrected chi connectivity index (χ0v) is 10.3. The van der Waals surface area contributed by atoms with Crippen LogP contribution in [0.25, 0.3) is 0 Å². The van der Waals surface area contributed by atoms with Crippen molar-refractivity contribution in [2.24, 2.45) is 5.92 Å². The maximum Gasteiger partial charge on any atom is 0.155 e. The van der Waals surface area contributed by atoms with Crippen molar-refractivity contribution in [2.45, 2.75) is 70.6 Å². The number of ketones is 1. The Morgan fingerprint density at radius 2 is 1.56 bits per heavy atom. The summed E-state index contributed by atoms with van der Waals surface area (Å²) in [5.74, 6) is 1.07. The molecule has 1 atom stereocenters. The fourth-order valence-corrected chi connectivity index (χ4v) is 3.12. The lowest BCUT2D eigenvalue weighted by Gasteiger charge is -2.22. The summed E-state index contributed by atoms with van der Waals surface area (Å²) in [5, 5.41) is 0. The van der Waals surface area contributed by atoms with Gasteiger partial charge in [-0.3, -0.25) is 4.79 Å². The second-order valence-electron chi connectivity index (χ2n) is 5.56. The van der Waals surface area contributed by atoms with Crippen LogP contribution < -0.4 is 0 Å². The number of carbonyl (C=O) groups is 1. The Morgan fingerprint density at radius 3 is 2.38 bits per heavy atom. The van der Waals surface area contributed by atoms with Gasteiger partial charge in [-0.2, -0.15) is 0 Å². The molecule has 2 aliphatic carbocycles. The molecule has 1 nitrogen and oxygen atoms in total. The molecule has 90 valence electrons. The summed E-state index contributed by atoms with van der Waals surface area (Å²) >= 11 is 0. The highest BCUT2D eigenvalue weighted by atomic mass is 16.1. The van der Waals surface area contributed by atoms with Crippen LogP contribution in [0, 0.1) is 5.92 Å². The summed E-state index contributed by atoms with van der Waals surface area (Å²) in [6, 6.07) is 0. The molecular formula is C15H24O. The van der Waals surface area contributed by atoms with Crippen molar-refractivity contribution in [1.82, 2.24) is 0 Å². The van der Waals surface area contributed by atoms with E-state index >= 15 is 0 Å². The fourth-order valence-electron chi connectivity index (χ4n) is 3.12. The quantitative estimate of drug-likeness (QED) is 0.590. The molecule has 0 aromatic heterocycles. The number of hydrogen-bond acceptors (Lipinski definition) is 1. The molecular weight excluding hydrogens is 196 g/mol. The topological polar surface area (TPSA) is 17.1 Å². The van der Waals surface area contributed by atoms with E-state index < -0.39 is 0 Å². The lowest BCUT2D eigenvalue weighted by molar-refractivity contribution is -0.116. The molecule has 1 heteroatoms. The summed E-state index contributed by atoms with van der Waals surface area (Å²) in [4.78, 5) is 11.6. The van der Waals surface area contributed by atoms with E-state index in [1.54, 1.807) is 0 Å². The van der Waals surface area contributed by atoms with Crippen molar-refractivity contribution in [3.8, 4) is 0 Å². The zero-order chi connectivity index (χ0) is 11.2. The lowest BCUT2D eigenvalue weighted by Crippen LogP contribution is -2.14. The Hall–Kier alpha value is -0.590. The van der Waals surface area contributed by atoms with Gasteiger partial charge in [0.1, 0.15) is 0 Å². The molecule has 2 aliphatic rings. The second kappa shape index (κ2) is 6.22. The Labute approximate surface area is 99.3 Å². The zero-order valence-electron chi connectivity index (χ0n) is 10.3. The minimum Gasteiger partial charge on any atom is -0.295 e. The molecule has 0 saturated heterocycles. The van der Waals surface area contributed by atoms with E-state index in [2.05, 4.69) is 0 Å². The predicted molar refractivity (Wildman–Crippen MR) is 67.4 cm³/mol. The first-order chi connectivity index (χ1) is 7.84. The summed E-state index contributed by atoms with van der Waals surface area (Å²) in [6.45, 7) is 0. The van der Waals surface area contributed by atoms with Gasteiger partial charge in [0.2, 0.25) is 0 Å². The van der Waals surface area contributed by atoms with E-state index in [1.807, 2.05) is 6.08 Å². The van der Waals surface area contributed by atoms with Gasteiger partial charge in [0.25, 0.3) is 0 Å². The number of carbonyl (C=O) groups excluding carboxylic acids is 1. The normalized spacial score (nSPS) is 28.9. The second-order valence-corrected chi connectivity index (χ2v) is 5.56. The highest BCUT2D eigenvalue weighted by Gasteiger charge is 2.20. The van der Waals surface area contributed by atoms with Crippen molar-refractivity contribution in [3.63, 3.8) is 0 Å². The van der Waals surface area contributed by atoms with Gasteiger partial charge in [-0.15, -0.1) is 0 Å². The SMILES string of the molecule is O=C1C=C2CCCCCCCCC[C@@H](C1)C2. The van der Waals surface area contributed by atoms with Crippen molar-refractivity contribution < 1.29 is 4.79 Å². The third-order valence-corrected chi connectivity index (χ3v) is 4.02. The minimum atomic E-state index is 0.392. The van der Waals surface area contributed by atoms with Crippen LogP contribution in [0.15, 0.2) is 11.6 Å². The van der Waals surface area contributed by atoms with Crippen LogP contribution in [-0.4, -0.2) is 5.78 Å². The minimum absolute atomic E-state index is 0.392. The molecule has 0 spiro atoms. The van der Waals surface area contributed by atoms with Gasteiger partial charge < -0.3 is 0 Å². The van der Waals surface area contributed by atoms with E-state index in [0.717, 1.165) is 6.42 Å². The lowest BCUT2D eigenvalue weighted by atomic mass is 9.82. The van der Waals surface area contributed by atoms with Gasteiger partial charge in [0, 0.05) is 6.42 Å². The molecule has 1 saturated carbocycles. The van der Waals surface area contributed by atoms with Crippen LogP contribution in [0.3, 0.4) is 0 Å². The van der Waals surface area contributed by atoms with E-state index in [9.17, 15) is 4.79 Å². The third kappa shape index (κ3) is 3.77. The first-order valence-corrected chi connectivity index (χ1v) is 7.07. The third-order valence-electron chi connectivity index (χ3n) is 4.02. The van der Waals surface area contributed by atoms with Crippen LogP contribution in [0.2, 0.25) is 0 Å². The largest absolute Gasteiger partial charge is 0.295 e. The molecule has 16 heavy (non-hydrogen) atoms. The Morgan fingerprint density at radius 1 is 0.875 bits per heavy atom. The first-order valence-electron chi connectivity index (χ1n) is 7.07. The van der Waals surface area contributed by atoms with Crippen LogP contribution in [-0.2, 0) is 4.79 Å². The van der Waals surface area contributed by atoms with Crippen molar-refractivity contribution in [2.75, 3.05) is 0 Å². The van der Waals surface area contributed by atoms with E-state index in [-0.39, 0.29) is 0 Å². The summed E-state index contributed by atoms with van der Waals surface area (Å²) in [5.41, 5.74) is 1.45. The van der Waals surface area contributed by atoms with Gasteiger partial charge in [-0.1, -0.05) is 44.1 Å². The number of allylic oxidation sites excluding steroid dienone is 2. The Balaban J connectivity index is 1.93. The number of fused-ring (bicyclic) bond motifs is 2. The van der Waals surface area contributed by atoms with Gasteiger partial charge in [-0.05, 0) is 37.7 Å². The smallest absolute Gasteiger partial charge is 0.155 e. The average Bonchev–Trinajstić information content (AvgIpc) is 2.24. The highest BCUT2D eigenvalue weighted by Crippen LogP contribution is 2.30. The molecule has 0 aromatic rings. The van der Waals surface area contributed by atoms with E-state index in [4.69, 9.17) is 0 Å². The summed E-state index contributed by atoms with van der Waals surface area (Å²) in [6.07, 6.45) is 16.0. The molecule has 0 unspecified atom stereocenters. The molecule has 0 heterocycles. The Kier molecular flexibility index (Phi) is 4.62. The van der Waals surface area contributed by atoms with Crippen molar-refractivity contribution in [1.29, 1.82) is 0 Å². The monoisotopic (exact) mass is 220 g/mol. The van der Waals surface area contributed by atoms with Crippen molar-refractivity contribution in [3.05, 3.63) is 11.6 Å². The van der Waals surface area contributed by atoms with Gasteiger partial charge in [-0.25, -0.2) is 0 Å². The molecule has 0 N–H and O–H groups in total. The fraction of sp³-hybridized carbons (Fsp3) is 0.800. The van der Waals surface area contributed by atoms with Crippen LogP contribution >= 0.6 is 0 Å².